The van der Waals surface area contributed by atoms with Gasteiger partial charge in [-0.1, -0.05) is 32.9 Å². The van der Waals surface area contributed by atoms with Crippen LogP contribution in [0, 0.1) is 18.3 Å². The largest absolute Gasteiger partial charge is 0.326 e. The molecule has 1 heterocycles. The molecule has 0 aliphatic carbocycles. The molecular formula is C16H26N2O2S. The summed E-state index contributed by atoms with van der Waals surface area (Å²) in [6.45, 7) is 10.0. The van der Waals surface area contributed by atoms with Crippen molar-refractivity contribution in [2.75, 3.05) is 13.1 Å². The summed E-state index contributed by atoms with van der Waals surface area (Å²) in [7, 11) is -3.40. The summed E-state index contributed by atoms with van der Waals surface area (Å²) in [6.07, 6.45) is 0.933. The third kappa shape index (κ3) is 3.30. The highest BCUT2D eigenvalue weighted by molar-refractivity contribution is 7.89. The number of benzene rings is 1. The topological polar surface area (TPSA) is 63.4 Å². The number of hydrogen-bond donors (Lipinski definition) is 1. The zero-order valence-corrected chi connectivity index (χ0v) is 14.2. The summed E-state index contributed by atoms with van der Waals surface area (Å²) in [5.74, 6) is 0.413. The van der Waals surface area contributed by atoms with Crippen LogP contribution in [0.15, 0.2) is 23.1 Å². The summed E-state index contributed by atoms with van der Waals surface area (Å²) in [6, 6.07) is 5.36. The monoisotopic (exact) mass is 310 g/mol. The van der Waals surface area contributed by atoms with Crippen molar-refractivity contribution in [3.05, 3.63) is 29.3 Å². The fourth-order valence-electron chi connectivity index (χ4n) is 2.92. The maximum Gasteiger partial charge on any atom is 0.243 e. The van der Waals surface area contributed by atoms with E-state index in [1.165, 1.54) is 0 Å². The Labute approximate surface area is 128 Å². The molecule has 0 radical (unpaired) electrons. The molecule has 1 unspecified atom stereocenters. The number of rotatable bonds is 3. The molecule has 1 saturated heterocycles. The first-order valence-corrected chi connectivity index (χ1v) is 8.90. The SMILES string of the molecule is Cc1cc(CN)ccc1S(=O)(=O)N1CCC(C(C)(C)C)C1. The Bertz CT molecular complexity index is 618. The van der Waals surface area contributed by atoms with Crippen LogP contribution in [-0.4, -0.2) is 25.8 Å². The second-order valence-electron chi connectivity index (χ2n) is 7.02. The smallest absolute Gasteiger partial charge is 0.243 e. The van der Waals surface area contributed by atoms with E-state index in [-0.39, 0.29) is 5.41 Å². The molecule has 1 fully saturated rings. The highest BCUT2D eigenvalue weighted by Gasteiger charge is 2.38. The van der Waals surface area contributed by atoms with E-state index >= 15 is 0 Å². The summed E-state index contributed by atoms with van der Waals surface area (Å²) in [4.78, 5) is 0.411. The van der Waals surface area contributed by atoms with Crippen molar-refractivity contribution in [2.45, 2.75) is 45.6 Å². The minimum atomic E-state index is -3.40. The Morgan fingerprint density at radius 2 is 2.00 bits per heavy atom. The van der Waals surface area contributed by atoms with Crippen LogP contribution in [0.4, 0.5) is 0 Å². The number of nitrogens with two attached hydrogens (primary N) is 1. The van der Waals surface area contributed by atoms with E-state index in [1.54, 1.807) is 16.4 Å². The molecular weight excluding hydrogens is 284 g/mol. The lowest BCUT2D eigenvalue weighted by Crippen LogP contribution is -2.31. The first-order chi connectivity index (χ1) is 9.66. The van der Waals surface area contributed by atoms with Gasteiger partial charge in [-0.05, 0) is 41.9 Å². The summed E-state index contributed by atoms with van der Waals surface area (Å²) < 4.78 is 27.3. The molecule has 4 nitrogen and oxygen atoms in total. The second-order valence-corrected chi connectivity index (χ2v) is 8.93. The van der Waals surface area contributed by atoms with Crippen LogP contribution >= 0.6 is 0 Å². The highest BCUT2D eigenvalue weighted by Crippen LogP contribution is 2.36. The van der Waals surface area contributed by atoms with Crippen LogP contribution in [0.25, 0.3) is 0 Å². The molecule has 0 saturated carbocycles. The molecule has 1 atom stereocenters. The molecule has 1 aromatic rings. The van der Waals surface area contributed by atoms with Gasteiger partial charge in [0.05, 0.1) is 4.90 Å². The van der Waals surface area contributed by atoms with Gasteiger partial charge >= 0.3 is 0 Å². The Hall–Kier alpha value is -0.910. The van der Waals surface area contributed by atoms with E-state index in [0.717, 1.165) is 17.5 Å². The molecule has 1 aliphatic heterocycles. The van der Waals surface area contributed by atoms with E-state index in [1.807, 2.05) is 13.0 Å². The lowest BCUT2D eigenvalue weighted by molar-refractivity contribution is 0.252. The summed E-state index contributed by atoms with van der Waals surface area (Å²) in [5.41, 5.74) is 7.48. The predicted octanol–water partition coefficient (Wildman–Crippen LogP) is 2.51. The van der Waals surface area contributed by atoms with Crippen LogP contribution in [0.1, 0.15) is 38.3 Å². The van der Waals surface area contributed by atoms with Gasteiger partial charge in [0.2, 0.25) is 10.0 Å². The third-order valence-electron chi connectivity index (χ3n) is 4.47. The van der Waals surface area contributed by atoms with Crippen molar-refractivity contribution in [3.8, 4) is 0 Å². The van der Waals surface area contributed by atoms with Gasteiger partial charge in [-0.25, -0.2) is 8.42 Å². The standard InChI is InChI=1S/C16H26N2O2S/c1-12-9-13(10-17)5-6-15(12)21(19,20)18-8-7-14(11-18)16(2,3)4/h5-6,9,14H,7-8,10-11,17H2,1-4H3. The molecule has 118 valence electrons. The molecule has 1 aromatic carbocycles. The van der Waals surface area contributed by atoms with Gasteiger partial charge in [0, 0.05) is 19.6 Å². The van der Waals surface area contributed by atoms with E-state index in [9.17, 15) is 8.42 Å². The van der Waals surface area contributed by atoms with Gasteiger partial charge in [-0.15, -0.1) is 0 Å². The van der Waals surface area contributed by atoms with Crippen molar-refractivity contribution in [1.82, 2.24) is 4.31 Å². The Kier molecular flexibility index (Phi) is 4.47. The fraction of sp³-hybridized carbons (Fsp3) is 0.625. The number of aryl methyl sites for hydroxylation is 1. The van der Waals surface area contributed by atoms with E-state index < -0.39 is 10.0 Å². The predicted molar refractivity (Wildman–Crippen MR) is 85.4 cm³/mol. The van der Waals surface area contributed by atoms with Gasteiger partial charge in [0.1, 0.15) is 0 Å². The molecule has 5 heteroatoms. The van der Waals surface area contributed by atoms with Gasteiger partial charge < -0.3 is 5.73 Å². The summed E-state index contributed by atoms with van der Waals surface area (Å²) >= 11 is 0. The normalized spacial score (nSPS) is 20.9. The van der Waals surface area contributed by atoms with Crippen molar-refractivity contribution < 1.29 is 8.42 Å². The maximum atomic E-state index is 12.8. The van der Waals surface area contributed by atoms with Gasteiger partial charge in [-0.3, -0.25) is 0 Å². The van der Waals surface area contributed by atoms with Crippen LogP contribution in [0.2, 0.25) is 0 Å². The van der Waals surface area contributed by atoms with Crippen LogP contribution in [-0.2, 0) is 16.6 Å². The molecule has 2 N–H and O–H groups in total. The van der Waals surface area contributed by atoms with Crippen molar-refractivity contribution >= 4 is 10.0 Å². The molecule has 21 heavy (non-hydrogen) atoms. The maximum absolute atomic E-state index is 12.8. The second kappa shape index (κ2) is 5.71. The Morgan fingerprint density at radius 3 is 2.48 bits per heavy atom. The molecule has 0 amide bonds. The van der Waals surface area contributed by atoms with Crippen LogP contribution < -0.4 is 5.73 Å². The van der Waals surface area contributed by atoms with Crippen molar-refractivity contribution in [3.63, 3.8) is 0 Å². The average molecular weight is 310 g/mol. The molecule has 0 bridgehead atoms. The van der Waals surface area contributed by atoms with E-state index in [2.05, 4.69) is 20.8 Å². The van der Waals surface area contributed by atoms with Crippen molar-refractivity contribution in [2.24, 2.45) is 17.1 Å². The number of sulfonamides is 1. The number of hydrogen-bond acceptors (Lipinski definition) is 3. The Morgan fingerprint density at radius 1 is 1.33 bits per heavy atom. The quantitative estimate of drug-likeness (QED) is 0.933. The van der Waals surface area contributed by atoms with E-state index in [0.29, 0.717) is 30.4 Å². The molecule has 0 aromatic heterocycles. The van der Waals surface area contributed by atoms with E-state index in [4.69, 9.17) is 5.73 Å². The summed E-state index contributed by atoms with van der Waals surface area (Å²) in [5, 5.41) is 0. The minimum absolute atomic E-state index is 0.142. The van der Waals surface area contributed by atoms with Crippen molar-refractivity contribution in [1.29, 1.82) is 0 Å². The Balaban J connectivity index is 2.28. The zero-order chi connectivity index (χ0) is 15.8. The van der Waals surface area contributed by atoms with Crippen LogP contribution in [0.5, 0.6) is 0 Å². The van der Waals surface area contributed by atoms with Crippen LogP contribution in [0.3, 0.4) is 0 Å². The molecule has 0 spiro atoms. The first kappa shape index (κ1) is 16.5. The van der Waals surface area contributed by atoms with Gasteiger partial charge in [0.15, 0.2) is 0 Å². The zero-order valence-electron chi connectivity index (χ0n) is 13.4. The number of nitrogens with zero attached hydrogens (tertiary/aromatic N) is 1. The average Bonchev–Trinajstić information content (AvgIpc) is 2.88. The lowest BCUT2D eigenvalue weighted by Gasteiger charge is -2.27. The lowest BCUT2D eigenvalue weighted by atomic mass is 9.80. The fourth-order valence-corrected chi connectivity index (χ4v) is 4.63. The molecule has 1 aliphatic rings. The first-order valence-electron chi connectivity index (χ1n) is 7.46. The highest BCUT2D eigenvalue weighted by atomic mass is 32.2. The third-order valence-corrected chi connectivity index (χ3v) is 6.49. The molecule has 2 rings (SSSR count). The minimum Gasteiger partial charge on any atom is -0.326 e. The van der Waals surface area contributed by atoms with Gasteiger partial charge in [-0.2, -0.15) is 4.31 Å². The van der Waals surface area contributed by atoms with Gasteiger partial charge in [0.25, 0.3) is 0 Å².